The normalized spacial score (nSPS) is 16.3. The molecule has 11 heteroatoms. The second kappa shape index (κ2) is 10.8. The van der Waals surface area contributed by atoms with Gasteiger partial charge in [0.25, 0.3) is 23.4 Å². The minimum absolute atomic E-state index is 0.0897. The highest BCUT2D eigenvalue weighted by Crippen LogP contribution is 2.31. The van der Waals surface area contributed by atoms with Crippen LogP contribution in [-0.2, 0) is 16.1 Å². The largest absolute Gasteiger partial charge is 0.495 e. The van der Waals surface area contributed by atoms with Gasteiger partial charge in [0.1, 0.15) is 16.5 Å². The number of nitro benzene ring substituents is 1. The Kier molecular flexibility index (Phi) is 7.54. The van der Waals surface area contributed by atoms with Gasteiger partial charge in [0.05, 0.1) is 17.7 Å². The van der Waals surface area contributed by atoms with Crippen LogP contribution in [0.15, 0.2) is 53.2 Å². The van der Waals surface area contributed by atoms with Gasteiger partial charge in [-0.3, -0.25) is 29.4 Å². The molecule has 0 bridgehead atoms. The van der Waals surface area contributed by atoms with E-state index in [0.717, 1.165) is 37.7 Å². The maximum Gasteiger partial charge on any atom is 0.278 e. The van der Waals surface area contributed by atoms with E-state index in [2.05, 4.69) is 10.6 Å². The average Bonchev–Trinajstić information content (AvgIpc) is 3.10. The number of halogens is 1. The Morgan fingerprint density at radius 1 is 1.11 bits per heavy atom. The Hall–Kier alpha value is -3.92. The molecule has 1 aliphatic heterocycles. The SMILES string of the molecule is COc1ccc([N+](=O)[O-])cc1NC(=O)c1ccc(CNC2=C(Cl)C(=O)N(C3CCCCC3)C2=O)cc1. The van der Waals surface area contributed by atoms with Crippen molar-refractivity contribution in [2.75, 3.05) is 12.4 Å². The highest BCUT2D eigenvalue weighted by Gasteiger charge is 2.41. The second-order valence-electron chi connectivity index (χ2n) is 8.61. The fraction of sp³-hybridized carbons (Fsp3) is 0.320. The van der Waals surface area contributed by atoms with Crippen LogP contribution in [0.2, 0.25) is 0 Å². The van der Waals surface area contributed by atoms with Crippen LogP contribution in [0.4, 0.5) is 11.4 Å². The van der Waals surface area contributed by atoms with E-state index in [1.807, 2.05) is 0 Å². The predicted octanol–water partition coefficient (Wildman–Crippen LogP) is 4.10. The zero-order valence-electron chi connectivity index (χ0n) is 19.6. The first-order chi connectivity index (χ1) is 17.3. The first kappa shape index (κ1) is 25.2. The van der Waals surface area contributed by atoms with Gasteiger partial charge in [-0.2, -0.15) is 0 Å². The summed E-state index contributed by atoms with van der Waals surface area (Å²) in [7, 11) is 1.40. The number of carbonyl (C=O) groups excluding carboxylic acids is 3. The summed E-state index contributed by atoms with van der Waals surface area (Å²) in [6, 6.07) is 10.4. The summed E-state index contributed by atoms with van der Waals surface area (Å²) in [5, 5.41) is 16.5. The van der Waals surface area contributed by atoms with Crippen LogP contribution in [0.5, 0.6) is 5.75 Å². The number of hydrogen-bond acceptors (Lipinski definition) is 7. The lowest BCUT2D eigenvalue weighted by atomic mass is 9.94. The molecule has 0 saturated heterocycles. The number of carbonyl (C=O) groups is 3. The highest BCUT2D eigenvalue weighted by molar-refractivity contribution is 6.47. The Morgan fingerprint density at radius 2 is 1.81 bits per heavy atom. The van der Waals surface area contributed by atoms with Crippen molar-refractivity contribution in [3.05, 3.63) is 74.4 Å². The van der Waals surface area contributed by atoms with E-state index in [-0.39, 0.29) is 40.4 Å². The molecule has 0 aromatic heterocycles. The van der Waals surface area contributed by atoms with Crippen molar-refractivity contribution in [2.45, 2.75) is 44.7 Å². The molecule has 4 rings (SSSR count). The molecule has 1 heterocycles. The Morgan fingerprint density at radius 3 is 2.44 bits per heavy atom. The van der Waals surface area contributed by atoms with Gasteiger partial charge in [0, 0.05) is 30.3 Å². The summed E-state index contributed by atoms with van der Waals surface area (Å²) in [6.45, 7) is 0.226. The lowest BCUT2D eigenvalue weighted by Gasteiger charge is -2.29. The standard InChI is InChI=1S/C25H25ClN4O6/c1-36-20-12-11-18(30(34)35)13-19(20)28-23(31)16-9-7-15(8-10-16)14-27-22-21(26)24(32)29(25(22)33)17-5-3-2-4-6-17/h7-13,17,27H,2-6,14H2,1H3,(H,28,31). The van der Waals surface area contributed by atoms with E-state index in [0.29, 0.717) is 5.56 Å². The van der Waals surface area contributed by atoms with Gasteiger partial charge in [-0.15, -0.1) is 0 Å². The summed E-state index contributed by atoms with van der Waals surface area (Å²) in [5.41, 5.74) is 1.17. The van der Waals surface area contributed by atoms with E-state index in [1.165, 1.54) is 30.2 Å². The first-order valence-electron chi connectivity index (χ1n) is 11.5. The topological polar surface area (TPSA) is 131 Å². The summed E-state index contributed by atoms with van der Waals surface area (Å²) in [6.07, 6.45) is 4.65. The fourth-order valence-electron chi connectivity index (χ4n) is 4.41. The molecule has 1 saturated carbocycles. The van der Waals surface area contributed by atoms with Crippen molar-refractivity contribution < 1.29 is 24.0 Å². The lowest BCUT2D eigenvalue weighted by molar-refractivity contribution is -0.384. The minimum atomic E-state index is -0.560. The molecule has 1 fully saturated rings. The summed E-state index contributed by atoms with van der Waals surface area (Å²) >= 11 is 6.20. The molecule has 36 heavy (non-hydrogen) atoms. The number of nitrogens with one attached hydrogen (secondary N) is 2. The Labute approximate surface area is 212 Å². The molecule has 2 aromatic rings. The maximum absolute atomic E-state index is 12.9. The second-order valence-corrected chi connectivity index (χ2v) is 8.99. The first-order valence-corrected chi connectivity index (χ1v) is 11.9. The number of non-ortho nitro benzene ring substituents is 1. The van der Waals surface area contributed by atoms with Crippen LogP contribution in [0.3, 0.4) is 0 Å². The van der Waals surface area contributed by atoms with Crippen molar-refractivity contribution in [1.29, 1.82) is 0 Å². The van der Waals surface area contributed by atoms with Crippen LogP contribution in [0.25, 0.3) is 0 Å². The molecule has 188 valence electrons. The number of amides is 3. The number of nitrogens with zero attached hydrogens (tertiary/aromatic N) is 2. The smallest absolute Gasteiger partial charge is 0.278 e. The van der Waals surface area contributed by atoms with Gasteiger partial charge in [-0.1, -0.05) is 43.0 Å². The van der Waals surface area contributed by atoms with Crippen molar-refractivity contribution >= 4 is 40.7 Å². The van der Waals surface area contributed by atoms with E-state index < -0.39 is 22.6 Å². The number of hydrogen-bond donors (Lipinski definition) is 2. The molecule has 2 N–H and O–H groups in total. The van der Waals surface area contributed by atoms with E-state index in [4.69, 9.17) is 16.3 Å². The van der Waals surface area contributed by atoms with E-state index in [1.54, 1.807) is 24.3 Å². The third kappa shape index (κ3) is 5.18. The molecule has 0 spiro atoms. The Balaban J connectivity index is 1.40. The summed E-state index contributed by atoms with van der Waals surface area (Å²) in [4.78, 5) is 49.9. The third-order valence-corrected chi connectivity index (χ3v) is 6.68. The maximum atomic E-state index is 12.9. The highest BCUT2D eigenvalue weighted by atomic mass is 35.5. The molecule has 0 unspecified atom stereocenters. The number of nitro groups is 1. The molecule has 3 amide bonds. The van der Waals surface area contributed by atoms with E-state index in [9.17, 15) is 24.5 Å². The minimum Gasteiger partial charge on any atom is -0.495 e. The predicted molar refractivity (Wildman–Crippen MR) is 132 cm³/mol. The van der Waals surface area contributed by atoms with Crippen LogP contribution in [0, 0.1) is 10.1 Å². The van der Waals surface area contributed by atoms with Crippen LogP contribution >= 0.6 is 11.6 Å². The molecule has 2 aromatic carbocycles. The van der Waals surface area contributed by atoms with Gasteiger partial charge < -0.3 is 15.4 Å². The molecular formula is C25H25ClN4O6. The van der Waals surface area contributed by atoms with Crippen LogP contribution in [0.1, 0.15) is 48.0 Å². The van der Waals surface area contributed by atoms with Gasteiger partial charge in [0.15, 0.2) is 0 Å². The number of methoxy groups -OCH3 is 1. The lowest BCUT2D eigenvalue weighted by Crippen LogP contribution is -2.43. The molecule has 0 atom stereocenters. The number of imide groups is 1. The fourth-order valence-corrected chi connectivity index (χ4v) is 4.65. The molecule has 0 radical (unpaired) electrons. The molecule has 1 aliphatic carbocycles. The summed E-state index contributed by atoms with van der Waals surface area (Å²) in [5.74, 6) is -1.05. The van der Waals surface area contributed by atoms with Crippen LogP contribution < -0.4 is 15.4 Å². The van der Waals surface area contributed by atoms with Crippen molar-refractivity contribution in [3.63, 3.8) is 0 Å². The van der Waals surface area contributed by atoms with Crippen molar-refractivity contribution in [1.82, 2.24) is 10.2 Å². The number of ether oxygens (including phenoxy) is 1. The third-order valence-electron chi connectivity index (χ3n) is 6.33. The van der Waals surface area contributed by atoms with Gasteiger partial charge in [0.2, 0.25) is 0 Å². The van der Waals surface area contributed by atoms with Gasteiger partial charge in [-0.05, 0) is 36.6 Å². The number of benzene rings is 2. The van der Waals surface area contributed by atoms with E-state index >= 15 is 0 Å². The van der Waals surface area contributed by atoms with Crippen LogP contribution in [-0.4, -0.2) is 40.7 Å². The summed E-state index contributed by atoms with van der Waals surface area (Å²) < 4.78 is 5.17. The molecular weight excluding hydrogens is 488 g/mol. The molecule has 10 nitrogen and oxygen atoms in total. The Bertz CT molecular complexity index is 1240. The monoisotopic (exact) mass is 512 g/mol. The number of rotatable bonds is 8. The molecule has 2 aliphatic rings. The zero-order chi connectivity index (χ0) is 25.8. The van der Waals surface area contributed by atoms with Crippen molar-refractivity contribution in [3.8, 4) is 5.75 Å². The van der Waals surface area contributed by atoms with Gasteiger partial charge in [-0.25, -0.2) is 0 Å². The zero-order valence-corrected chi connectivity index (χ0v) is 20.3. The van der Waals surface area contributed by atoms with Crippen molar-refractivity contribution in [2.24, 2.45) is 0 Å². The average molecular weight is 513 g/mol. The van der Waals surface area contributed by atoms with Gasteiger partial charge >= 0.3 is 0 Å². The number of anilines is 1. The quantitative estimate of drug-likeness (QED) is 0.309.